The second kappa shape index (κ2) is 6.32. The number of carbonyl (C=O) groups excluding carboxylic acids is 1. The van der Waals surface area contributed by atoms with Crippen LogP contribution in [0.25, 0.3) is 0 Å². The Hall–Kier alpha value is -1.49. The first-order chi connectivity index (χ1) is 10.5. The minimum atomic E-state index is -0.836. The van der Waals surface area contributed by atoms with Crippen LogP contribution in [0, 0.1) is 5.92 Å². The van der Waals surface area contributed by atoms with Gasteiger partial charge < -0.3 is 14.8 Å². The lowest BCUT2D eigenvalue weighted by molar-refractivity contribution is -0.122. The standard InChI is InChI=1S/C16H15Cl2NO3/c17-10-4-9(5-11(18)6-10)12-7-13(12)16(21)19-8-14(20)15-2-1-3-22-15/h1-6,12-14,20H,7-8H2,(H,19,21). The second-order valence-electron chi connectivity index (χ2n) is 5.43. The molecule has 2 N–H and O–H groups in total. The van der Waals surface area contributed by atoms with Crippen LogP contribution in [0.4, 0.5) is 0 Å². The van der Waals surface area contributed by atoms with Crippen LogP contribution in [0.5, 0.6) is 0 Å². The molecule has 1 heterocycles. The van der Waals surface area contributed by atoms with E-state index in [1.165, 1.54) is 6.26 Å². The van der Waals surface area contributed by atoms with Gasteiger partial charge in [0, 0.05) is 16.0 Å². The van der Waals surface area contributed by atoms with E-state index >= 15 is 0 Å². The van der Waals surface area contributed by atoms with Gasteiger partial charge in [0.15, 0.2) is 0 Å². The number of amides is 1. The Labute approximate surface area is 138 Å². The number of aliphatic hydroxyl groups is 1. The molecule has 3 unspecified atom stereocenters. The van der Waals surface area contributed by atoms with Crippen molar-refractivity contribution in [3.63, 3.8) is 0 Å². The number of aliphatic hydroxyl groups excluding tert-OH is 1. The van der Waals surface area contributed by atoms with Gasteiger partial charge in [-0.2, -0.15) is 0 Å². The summed E-state index contributed by atoms with van der Waals surface area (Å²) in [4.78, 5) is 12.1. The predicted octanol–water partition coefficient (Wildman–Crippen LogP) is 3.54. The molecule has 1 aromatic carbocycles. The third-order valence-electron chi connectivity index (χ3n) is 3.78. The number of benzene rings is 1. The number of carbonyl (C=O) groups is 1. The Bertz CT molecular complexity index is 652. The zero-order valence-corrected chi connectivity index (χ0v) is 13.1. The van der Waals surface area contributed by atoms with Gasteiger partial charge in [-0.25, -0.2) is 0 Å². The van der Waals surface area contributed by atoms with E-state index in [9.17, 15) is 9.90 Å². The highest BCUT2D eigenvalue weighted by atomic mass is 35.5. The van der Waals surface area contributed by atoms with Crippen LogP contribution in [0.1, 0.15) is 29.8 Å². The summed E-state index contributed by atoms with van der Waals surface area (Å²) in [5, 5.41) is 13.8. The largest absolute Gasteiger partial charge is 0.467 e. The molecule has 116 valence electrons. The van der Waals surface area contributed by atoms with Crippen LogP contribution in [0.15, 0.2) is 41.0 Å². The summed E-state index contributed by atoms with van der Waals surface area (Å²) in [5.74, 6) is 0.399. The van der Waals surface area contributed by atoms with E-state index in [4.69, 9.17) is 27.6 Å². The number of rotatable bonds is 5. The zero-order valence-electron chi connectivity index (χ0n) is 11.6. The molecule has 0 saturated heterocycles. The van der Waals surface area contributed by atoms with Crippen LogP contribution in [-0.4, -0.2) is 17.6 Å². The molecule has 0 radical (unpaired) electrons. The molecule has 0 spiro atoms. The van der Waals surface area contributed by atoms with Gasteiger partial charge in [-0.05, 0) is 48.2 Å². The monoisotopic (exact) mass is 339 g/mol. The van der Waals surface area contributed by atoms with E-state index in [-0.39, 0.29) is 24.3 Å². The van der Waals surface area contributed by atoms with E-state index in [2.05, 4.69) is 5.32 Å². The summed E-state index contributed by atoms with van der Waals surface area (Å²) in [5.41, 5.74) is 0.976. The third-order valence-corrected chi connectivity index (χ3v) is 4.22. The van der Waals surface area contributed by atoms with Gasteiger partial charge in [-0.3, -0.25) is 4.79 Å². The maximum absolute atomic E-state index is 12.1. The molecule has 1 saturated carbocycles. The fourth-order valence-corrected chi connectivity index (χ4v) is 3.10. The maximum atomic E-state index is 12.1. The first-order valence-corrected chi connectivity index (χ1v) is 7.75. The molecule has 0 aliphatic heterocycles. The predicted molar refractivity (Wildman–Crippen MR) is 84.0 cm³/mol. The first kappa shape index (κ1) is 15.4. The molecule has 0 bridgehead atoms. The average Bonchev–Trinajstić information content (AvgIpc) is 3.09. The summed E-state index contributed by atoms with van der Waals surface area (Å²) < 4.78 is 5.09. The van der Waals surface area contributed by atoms with Crippen LogP contribution >= 0.6 is 23.2 Å². The zero-order chi connectivity index (χ0) is 15.7. The molecule has 3 atom stereocenters. The molecule has 2 aromatic rings. The summed E-state index contributed by atoms with van der Waals surface area (Å²) >= 11 is 12.0. The lowest BCUT2D eigenvalue weighted by atomic mass is 10.1. The van der Waals surface area contributed by atoms with Crippen molar-refractivity contribution in [2.45, 2.75) is 18.4 Å². The van der Waals surface area contributed by atoms with Gasteiger partial charge in [-0.15, -0.1) is 0 Å². The van der Waals surface area contributed by atoms with E-state index in [0.717, 1.165) is 12.0 Å². The van der Waals surface area contributed by atoms with E-state index < -0.39 is 6.10 Å². The topological polar surface area (TPSA) is 62.5 Å². The molecule has 4 nitrogen and oxygen atoms in total. The lowest BCUT2D eigenvalue weighted by Crippen LogP contribution is -2.29. The summed E-state index contributed by atoms with van der Waals surface area (Å²) in [6.45, 7) is 0.131. The molecule has 6 heteroatoms. The fraction of sp³-hybridized carbons (Fsp3) is 0.312. The molecule has 22 heavy (non-hydrogen) atoms. The van der Waals surface area contributed by atoms with E-state index in [0.29, 0.717) is 15.8 Å². The van der Waals surface area contributed by atoms with Crippen molar-refractivity contribution in [3.05, 3.63) is 58.0 Å². The van der Waals surface area contributed by atoms with Gasteiger partial charge in [0.2, 0.25) is 5.91 Å². The van der Waals surface area contributed by atoms with Crippen molar-refractivity contribution in [1.82, 2.24) is 5.32 Å². The number of furan rings is 1. The highest BCUT2D eigenvalue weighted by molar-refractivity contribution is 6.34. The van der Waals surface area contributed by atoms with Crippen molar-refractivity contribution in [1.29, 1.82) is 0 Å². The number of nitrogens with one attached hydrogen (secondary N) is 1. The Kier molecular flexibility index (Phi) is 4.43. The van der Waals surface area contributed by atoms with Crippen molar-refractivity contribution in [2.75, 3.05) is 6.54 Å². The molecule has 1 fully saturated rings. The lowest BCUT2D eigenvalue weighted by Gasteiger charge is -2.09. The second-order valence-corrected chi connectivity index (χ2v) is 6.30. The third kappa shape index (κ3) is 3.46. The Morgan fingerprint density at radius 2 is 2.09 bits per heavy atom. The highest BCUT2D eigenvalue weighted by Gasteiger charge is 2.44. The minimum Gasteiger partial charge on any atom is -0.467 e. The Morgan fingerprint density at radius 3 is 2.73 bits per heavy atom. The van der Waals surface area contributed by atoms with Crippen molar-refractivity contribution >= 4 is 29.1 Å². The van der Waals surface area contributed by atoms with Crippen molar-refractivity contribution in [2.24, 2.45) is 5.92 Å². The summed E-state index contributed by atoms with van der Waals surface area (Å²) in [6.07, 6.45) is 1.41. The van der Waals surface area contributed by atoms with Crippen LogP contribution in [-0.2, 0) is 4.79 Å². The molecular weight excluding hydrogens is 325 g/mol. The molecule has 1 amide bonds. The SMILES string of the molecule is O=C(NCC(O)c1ccco1)C1CC1c1cc(Cl)cc(Cl)c1. The highest BCUT2D eigenvalue weighted by Crippen LogP contribution is 2.48. The normalized spacial score (nSPS) is 21.4. The number of hydrogen-bond donors (Lipinski definition) is 2. The van der Waals surface area contributed by atoms with Gasteiger partial charge in [0.25, 0.3) is 0 Å². The fourth-order valence-electron chi connectivity index (χ4n) is 2.55. The Balaban J connectivity index is 1.54. The van der Waals surface area contributed by atoms with Gasteiger partial charge in [0.1, 0.15) is 11.9 Å². The van der Waals surface area contributed by atoms with Crippen molar-refractivity contribution in [3.8, 4) is 0 Å². The molecule has 3 rings (SSSR count). The van der Waals surface area contributed by atoms with Gasteiger partial charge in [0.05, 0.1) is 12.8 Å². The van der Waals surface area contributed by atoms with Crippen LogP contribution in [0.2, 0.25) is 10.0 Å². The quantitative estimate of drug-likeness (QED) is 0.875. The molecule has 1 aliphatic carbocycles. The number of halogens is 2. The number of hydrogen-bond acceptors (Lipinski definition) is 3. The summed E-state index contributed by atoms with van der Waals surface area (Å²) in [7, 11) is 0. The molecule has 1 aliphatic rings. The van der Waals surface area contributed by atoms with Gasteiger partial charge >= 0.3 is 0 Å². The van der Waals surface area contributed by atoms with E-state index in [1.807, 2.05) is 12.1 Å². The summed E-state index contributed by atoms with van der Waals surface area (Å²) in [6, 6.07) is 8.71. The molecule has 1 aromatic heterocycles. The van der Waals surface area contributed by atoms with Crippen LogP contribution in [0.3, 0.4) is 0 Å². The maximum Gasteiger partial charge on any atom is 0.223 e. The first-order valence-electron chi connectivity index (χ1n) is 7.00. The van der Waals surface area contributed by atoms with Crippen LogP contribution < -0.4 is 5.32 Å². The Morgan fingerprint density at radius 1 is 1.36 bits per heavy atom. The van der Waals surface area contributed by atoms with Gasteiger partial charge in [-0.1, -0.05) is 23.2 Å². The van der Waals surface area contributed by atoms with E-state index in [1.54, 1.807) is 18.2 Å². The van der Waals surface area contributed by atoms with Crippen molar-refractivity contribution < 1.29 is 14.3 Å². The molecular formula is C16H15Cl2NO3. The smallest absolute Gasteiger partial charge is 0.223 e. The minimum absolute atomic E-state index is 0.0771. The average molecular weight is 340 g/mol.